The number of nitrogens with two attached hydrogens (primary N) is 1. The molecular formula is C10H11BrN4. The minimum Gasteiger partial charge on any atom is -0.397 e. The fraction of sp³-hybridized carbons (Fsp3) is 0.200. The molecule has 2 heterocycles. The number of aromatic nitrogens is 3. The smallest absolute Gasteiger partial charge is 0.129 e. The molecule has 78 valence electrons. The van der Waals surface area contributed by atoms with Crippen molar-refractivity contribution in [3.8, 4) is 11.3 Å². The van der Waals surface area contributed by atoms with Crippen molar-refractivity contribution < 1.29 is 0 Å². The number of nitrogens with zero attached hydrogens (tertiary/aromatic N) is 3. The fourth-order valence-corrected chi connectivity index (χ4v) is 1.74. The van der Waals surface area contributed by atoms with E-state index in [2.05, 4.69) is 26.0 Å². The highest BCUT2D eigenvalue weighted by molar-refractivity contribution is 9.10. The Morgan fingerprint density at radius 3 is 2.80 bits per heavy atom. The highest BCUT2D eigenvalue weighted by atomic mass is 79.9. The molecular weight excluding hydrogens is 256 g/mol. The summed E-state index contributed by atoms with van der Waals surface area (Å²) >= 11 is 3.32. The van der Waals surface area contributed by atoms with Crippen LogP contribution in [0.5, 0.6) is 0 Å². The topological polar surface area (TPSA) is 56.7 Å². The molecule has 0 aromatic carbocycles. The van der Waals surface area contributed by atoms with Gasteiger partial charge in [0.1, 0.15) is 4.60 Å². The van der Waals surface area contributed by atoms with Crippen LogP contribution in [-0.2, 0) is 7.05 Å². The Hall–Kier alpha value is -1.36. The van der Waals surface area contributed by atoms with Crippen LogP contribution >= 0.6 is 15.9 Å². The molecule has 15 heavy (non-hydrogen) atoms. The Morgan fingerprint density at radius 2 is 2.20 bits per heavy atom. The first kappa shape index (κ1) is 10.2. The standard InChI is InChI=1S/C10H11BrN4/c1-6-3-8(12)10(11)14-9(6)7-4-13-15(2)5-7/h3-5H,12H2,1-2H3. The summed E-state index contributed by atoms with van der Waals surface area (Å²) < 4.78 is 2.42. The van der Waals surface area contributed by atoms with Crippen molar-refractivity contribution in [1.29, 1.82) is 0 Å². The Balaban J connectivity index is 2.58. The quantitative estimate of drug-likeness (QED) is 0.805. The second kappa shape index (κ2) is 3.66. The van der Waals surface area contributed by atoms with E-state index in [1.165, 1.54) is 0 Å². The molecule has 2 aromatic rings. The predicted molar refractivity (Wildman–Crippen MR) is 63.3 cm³/mol. The number of hydrogen-bond donors (Lipinski definition) is 1. The Kier molecular flexibility index (Phi) is 2.48. The summed E-state index contributed by atoms with van der Waals surface area (Å²) in [5.74, 6) is 0. The summed E-state index contributed by atoms with van der Waals surface area (Å²) in [6, 6.07) is 1.90. The normalized spacial score (nSPS) is 10.6. The number of aryl methyl sites for hydroxylation is 2. The van der Waals surface area contributed by atoms with Gasteiger partial charge >= 0.3 is 0 Å². The molecule has 0 aliphatic carbocycles. The molecule has 2 aromatic heterocycles. The van der Waals surface area contributed by atoms with Crippen molar-refractivity contribution in [2.24, 2.45) is 7.05 Å². The lowest BCUT2D eigenvalue weighted by Crippen LogP contribution is -1.94. The lowest BCUT2D eigenvalue weighted by atomic mass is 10.1. The van der Waals surface area contributed by atoms with Gasteiger partial charge in [0.2, 0.25) is 0 Å². The van der Waals surface area contributed by atoms with Crippen LogP contribution in [0.25, 0.3) is 11.3 Å². The number of halogens is 1. The van der Waals surface area contributed by atoms with Crippen LogP contribution in [0.15, 0.2) is 23.1 Å². The first-order valence-corrected chi connectivity index (χ1v) is 5.29. The van der Waals surface area contributed by atoms with Crippen LogP contribution < -0.4 is 5.73 Å². The van der Waals surface area contributed by atoms with Gasteiger partial charge in [0.05, 0.1) is 17.6 Å². The van der Waals surface area contributed by atoms with Gasteiger partial charge in [0.15, 0.2) is 0 Å². The second-order valence-corrected chi connectivity index (χ2v) is 4.19. The molecule has 0 saturated heterocycles. The average Bonchev–Trinajstić information content (AvgIpc) is 2.58. The summed E-state index contributed by atoms with van der Waals surface area (Å²) in [5, 5.41) is 4.12. The van der Waals surface area contributed by atoms with E-state index in [-0.39, 0.29) is 0 Å². The van der Waals surface area contributed by atoms with Gasteiger partial charge in [-0.1, -0.05) is 0 Å². The van der Waals surface area contributed by atoms with Gasteiger partial charge in [-0.05, 0) is 34.5 Å². The third-order valence-corrected chi connectivity index (χ3v) is 2.81. The van der Waals surface area contributed by atoms with E-state index < -0.39 is 0 Å². The van der Waals surface area contributed by atoms with Gasteiger partial charge in [-0.3, -0.25) is 4.68 Å². The van der Waals surface area contributed by atoms with E-state index in [1.807, 2.05) is 26.2 Å². The summed E-state index contributed by atoms with van der Waals surface area (Å²) in [4.78, 5) is 4.39. The van der Waals surface area contributed by atoms with Crippen LogP contribution in [0.4, 0.5) is 5.69 Å². The monoisotopic (exact) mass is 266 g/mol. The zero-order valence-corrected chi connectivity index (χ0v) is 10.1. The Labute approximate surface area is 96.3 Å². The molecule has 0 fully saturated rings. The van der Waals surface area contributed by atoms with Crippen molar-refractivity contribution in [3.63, 3.8) is 0 Å². The number of rotatable bonds is 1. The number of hydrogen-bond acceptors (Lipinski definition) is 3. The molecule has 4 nitrogen and oxygen atoms in total. The highest BCUT2D eigenvalue weighted by Gasteiger charge is 2.08. The van der Waals surface area contributed by atoms with E-state index in [9.17, 15) is 0 Å². The first-order valence-electron chi connectivity index (χ1n) is 4.49. The minimum absolute atomic E-state index is 0.653. The maximum absolute atomic E-state index is 5.74. The van der Waals surface area contributed by atoms with Crippen molar-refractivity contribution in [2.45, 2.75) is 6.92 Å². The van der Waals surface area contributed by atoms with Gasteiger partial charge in [-0.2, -0.15) is 5.10 Å². The maximum atomic E-state index is 5.74. The van der Waals surface area contributed by atoms with Gasteiger partial charge in [0.25, 0.3) is 0 Å². The lowest BCUT2D eigenvalue weighted by molar-refractivity contribution is 0.768. The van der Waals surface area contributed by atoms with Crippen LogP contribution in [-0.4, -0.2) is 14.8 Å². The van der Waals surface area contributed by atoms with Crippen LogP contribution in [0.3, 0.4) is 0 Å². The zero-order valence-electron chi connectivity index (χ0n) is 8.53. The van der Waals surface area contributed by atoms with E-state index in [0.29, 0.717) is 10.3 Å². The molecule has 5 heteroatoms. The molecule has 0 saturated carbocycles. The molecule has 0 atom stereocenters. The molecule has 2 N–H and O–H groups in total. The molecule has 0 aliphatic rings. The second-order valence-electron chi connectivity index (χ2n) is 3.44. The molecule has 2 rings (SSSR count). The average molecular weight is 267 g/mol. The molecule has 0 unspecified atom stereocenters. The first-order chi connectivity index (χ1) is 7.08. The number of nitrogen functional groups attached to an aromatic ring is 1. The summed E-state index contributed by atoms with van der Waals surface area (Å²) in [6.45, 7) is 1.98. The van der Waals surface area contributed by atoms with Crippen molar-refractivity contribution in [3.05, 3.63) is 28.6 Å². The van der Waals surface area contributed by atoms with E-state index in [0.717, 1.165) is 16.8 Å². The van der Waals surface area contributed by atoms with Crippen LogP contribution in [0, 0.1) is 6.92 Å². The lowest BCUT2D eigenvalue weighted by Gasteiger charge is -2.05. The predicted octanol–water partition coefficient (Wildman–Crippen LogP) is 2.14. The molecule has 0 radical (unpaired) electrons. The van der Waals surface area contributed by atoms with E-state index in [4.69, 9.17) is 5.73 Å². The molecule has 0 bridgehead atoms. The Bertz CT molecular complexity index is 504. The van der Waals surface area contributed by atoms with Crippen molar-refractivity contribution in [1.82, 2.24) is 14.8 Å². The zero-order chi connectivity index (χ0) is 11.0. The largest absolute Gasteiger partial charge is 0.397 e. The summed E-state index contributed by atoms with van der Waals surface area (Å²) in [6.07, 6.45) is 3.72. The third-order valence-electron chi connectivity index (χ3n) is 2.17. The minimum atomic E-state index is 0.653. The van der Waals surface area contributed by atoms with E-state index >= 15 is 0 Å². The van der Waals surface area contributed by atoms with Crippen LogP contribution in [0.2, 0.25) is 0 Å². The SMILES string of the molecule is Cc1cc(N)c(Br)nc1-c1cnn(C)c1. The van der Waals surface area contributed by atoms with Gasteiger partial charge in [-0.15, -0.1) is 0 Å². The maximum Gasteiger partial charge on any atom is 0.129 e. The van der Waals surface area contributed by atoms with Gasteiger partial charge in [0, 0.05) is 18.8 Å². The fourth-order valence-electron chi connectivity index (χ4n) is 1.45. The molecule has 0 aliphatic heterocycles. The third kappa shape index (κ3) is 1.87. The van der Waals surface area contributed by atoms with Crippen molar-refractivity contribution in [2.75, 3.05) is 5.73 Å². The number of anilines is 1. The van der Waals surface area contributed by atoms with Crippen LogP contribution in [0.1, 0.15) is 5.56 Å². The number of pyridine rings is 1. The van der Waals surface area contributed by atoms with Crippen molar-refractivity contribution >= 4 is 21.6 Å². The summed E-state index contributed by atoms with van der Waals surface area (Å²) in [5.41, 5.74) is 9.34. The molecule has 0 amide bonds. The van der Waals surface area contributed by atoms with Gasteiger partial charge < -0.3 is 5.73 Å². The van der Waals surface area contributed by atoms with Gasteiger partial charge in [-0.25, -0.2) is 4.98 Å². The molecule has 0 spiro atoms. The Morgan fingerprint density at radius 1 is 1.47 bits per heavy atom. The highest BCUT2D eigenvalue weighted by Crippen LogP contribution is 2.26. The van der Waals surface area contributed by atoms with E-state index in [1.54, 1.807) is 10.9 Å². The summed E-state index contributed by atoms with van der Waals surface area (Å²) in [7, 11) is 1.88.